The first-order valence-corrected chi connectivity index (χ1v) is 6.22. The molecule has 1 aromatic carbocycles. The van der Waals surface area contributed by atoms with Crippen molar-refractivity contribution in [2.45, 2.75) is 12.5 Å². The summed E-state index contributed by atoms with van der Waals surface area (Å²) < 4.78 is 11.0. The van der Waals surface area contributed by atoms with Gasteiger partial charge in [-0.3, -0.25) is 4.79 Å². The lowest BCUT2D eigenvalue weighted by Gasteiger charge is -2.21. The lowest BCUT2D eigenvalue weighted by Crippen LogP contribution is -2.24. The zero-order chi connectivity index (χ0) is 12.4. The quantitative estimate of drug-likeness (QED) is 0.764. The van der Waals surface area contributed by atoms with Crippen LogP contribution >= 0.6 is 0 Å². The van der Waals surface area contributed by atoms with Gasteiger partial charge in [-0.2, -0.15) is 0 Å². The molecule has 0 aromatic heterocycles. The molecule has 2 aliphatic heterocycles. The topological polar surface area (TPSA) is 59.6 Å². The molecular weight excluding hydrogens is 232 g/mol. The highest BCUT2D eigenvalue weighted by Gasteiger charge is 2.20. The second kappa shape index (κ2) is 4.86. The van der Waals surface area contributed by atoms with Crippen LogP contribution in [0.15, 0.2) is 18.2 Å². The predicted molar refractivity (Wildman–Crippen MR) is 65.8 cm³/mol. The highest BCUT2D eigenvalue weighted by molar-refractivity contribution is 5.77. The normalized spacial score (nSPS) is 23.1. The molecule has 5 heteroatoms. The van der Waals surface area contributed by atoms with Crippen molar-refractivity contribution in [2.24, 2.45) is 0 Å². The zero-order valence-electron chi connectivity index (χ0n) is 10.1. The first-order valence-electron chi connectivity index (χ1n) is 6.22. The Morgan fingerprint density at radius 2 is 1.94 bits per heavy atom. The molecule has 1 atom stereocenters. The number of rotatable bonds is 1. The van der Waals surface area contributed by atoms with Gasteiger partial charge in [0.2, 0.25) is 5.91 Å². The third-order valence-corrected chi connectivity index (χ3v) is 3.20. The van der Waals surface area contributed by atoms with Gasteiger partial charge in [0.05, 0.1) is 0 Å². The molecule has 1 fully saturated rings. The number of hydrogen-bond acceptors (Lipinski definition) is 4. The minimum Gasteiger partial charge on any atom is -0.486 e. The van der Waals surface area contributed by atoms with E-state index >= 15 is 0 Å². The Balaban J connectivity index is 1.84. The maximum Gasteiger partial charge on any atom is 0.221 e. The Morgan fingerprint density at radius 3 is 2.83 bits per heavy atom. The van der Waals surface area contributed by atoms with Crippen molar-refractivity contribution in [1.29, 1.82) is 0 Å². The first kappa shape index (κ1) is 11.3. The Hall–Kier alpha value is -1.75. The van der Waals surface area contributed by atoms with E-state index in [1.54, 1.807) is 0 Å². The third-order valence-electron chi connectivity index (χ3n) is 3.20. The minimum atomic E-state index is 0.0447. The highest BCUT2D eigenvalue weighted by Crippen LogP contribution is 2.33. The first-order chi connectivity index (χ1) is 8.83. The van der Waals surface area contributed by atoms with Gasteiger partial charge in [-0.25, -0.2) is 0 Å². The van der Waals surface area contributed by atoms with E-state index < -0.39 is 0 Å². The Morgan fingerprint density at radius 1 is 1.11 bits per heavy atom. The van der Waals surface area contributed by atoms with Crippen molar-refractivity contribution in [3.63, 3.8) is 0 Å². The van der Waals surface area contributed by atoms with Gasteiger partial charge in [0, 0.05) is 25.6 Å². The second-order valence-corrected chi connectivity index (χ2v) is 4.46. The number of fused-ring (bicyclic) bond motifs is 1. The van der Waals surface area contributed by atoms with Crippen LogP contribution in [0.1, 0.15) is 18.0 Å². The van der Waals surface area contributed by atoms with Gasteiger partial charge < -0.3 is 20.1 Å². The van der Waals surface area contributed by atoms with Gasteiger partial charge >= 0.3 is 0 Å². The van der Waals surface area contributed by atoms with Gasteiger partial charge in [0.15, 0.2) is 11.5 Å². The van der Waals surface area contributed by atoms with Crippen LogP contribution in [0.4, 0.5) is 0 Å². The van der Waals surface area contributed by atoms with E-state index in [1.165, 1.54) is 0 Å². The molecule has 1 amide bonds. The molecule has 96 valence electrons. The van der Waals surface area contributed by atoms with Crippen molar-refractivity contribution < 1.29 is 14.3 Å². The maximum atomic E-state index is 11.5. The lowest BCUT2D eigenvalue weighted by atomic mass is 10.0. The predicted octanol–water partition coefficient (Wildman–Crippen LogP) is 0.608. The maximum absolute atomic E-state index is 11.5. The fraction of sp³-hybridized carbons (Fsp3) is 0.462. The van der Waals surface area contributed by atoms with E-state index in [2.05, 4.69) is 10.6 Å². The van der Waals surface area contributed by atoms with Crippen molar-refractivity contribution in [3.8, 4) is 11.5 Å². The average molecular weight is 248 g/mol. The molecule has 1 saturated heterocycles. The molecule has 0 spiro atoms. The zero-order valence-corrected chi connectivity index (χ0v) is 10.1. The number of amides is 1. The molecule has 3 rings (SSSR count). The fourth-order valence-corrected chi connectivity index (χ4v) is 2.29. The van der Waals surface area contributed by atoms with Gasteiger partial charge in [-0.15, -0.1) is 0 Å². The summed E-state index contributed by atoms with van der Waals surface area (Å²) in [5, 5.41) is 6.20. The largest absolute Gasteiger partial charge is 0.486 e. The molecule has 1 aromatic rings. The van der Waals surface area contributed by atoms with E-state index in [0.717, 1.165) is 23.6 Å². The fourth-order valence-electron chi connectivity index (χ4n) is 2.29. The van der Waals surface area contributed by atoms with Crippen LogP contribution in [0.3, 0.4) is 0 Å². The van der Waals surface area contributed by atoms with Crippen LogP contribution in [0, 0.1) is 0 Å². The number of ether oxygens (including phenoxy) is 2. The number of hydrogen-bond donors (Lipinski definition) is 2. The summed E-state index contributed by atoms with van der Waals surface area (Å²) in [6.07, 6.45) is 0.458. The van der Waals surface area contributed by atoms with E-state index in [4.69, 9.17) is 9.47 Å². The summed E-state index contributed by atoms with van der Waals surface area (Å²) in [6, 6.07) is 5.91. The minimum absolute atomic E-state index is 0.0447. The highest BCUT2D eigenvalue weighted by atomic mass is 16.6. The molecule has 0 aliphatic carbocycles. The van der Waals surface area contributed by atoms with Crippen molar-refractivity contribution in [2.75, 3.05) is 26.3 Å². The van der Waals surface area contributed by atoms with Crippen LogP contribution < -0.4 is 20.1 Å². The number of nitrogens with one attached hydrogen (secondary N) is 2. The van der Waals surface area contributed by atoms with Crippen LogP contribution in [-0.4, -0.2) is 32.2 Å². The van der Waals surface area contributed by atoms with E-state index in [1.807, 2.05) is 18.2 Å². The molecule has 18 heavy (non-hydrogen) atoms. The number of carbonyl (C=O) groups is 1. The molecule has 1 unspecified atom stereocenters. The number of benzene rings is 1. The average Bonchev–Trinajstić information content (AvgIpc) is 2.63. The van der Waals surface area contributed by atoms with Crippen LogP contribution in [-0.2, 0) is 4.79 Å². The molecule has 0 radical (unpaired) electrons. The third kappa shape index (κ3) is 2.26. The standard InChI is InChI=1S/C13H16N2O3/c16-13-8-10(14-3-4-15-13)9-1-2-11-12(7-9)18-6-5-17-11/h1-2,7,10,14H,3-6,8H2,(H,15,16). The van der Waals surface area contributed by atoms with Crippen molar-refractivity contribution in [1.82, 2.24) is 10.6 Å². The summed E-state index contributed by atoms with van der Waals surface area (Å²) >= 11 is 0. The Kier molecular flexibility index (Phi) is 3.06. The molecule has 5 nitrogen and oxygen atoms in total. The summed E-state index contributed by atoms with van der Waals surface area (Å²) in [6.45, 7) is 2.64. The summed E-state index contributed by atoms with van der Waals surface area (Å²) in [4.78, 5) is 11.5. The van der Waals surface area contributed by atoms with E-state index in [0.29, 0.717) is 26.2 Å². The molecule has 0 bridgehead atoms. The second-order valence-electron chi connectivity index (χ2n) is 4.46. The van der Waals surface area contributed by atoms with Gasteiger partial charge in [0.1, 0.15) is 13.2 Å². The summed E-state index contributed by atoms with van der Waals surface area (Å²) in [5.41, 5.74) is 1.07. The van der Waals surface area contributed by atoms with Gasteiger partial charge in [-0.1, -0.05) is 6.07 Å². The van der Waals surface area contributed by atoms with Crippen LogP contribution in [0.2, 0.25) is 0 Å². The van der Waals surface area contributed by atoms with Crippen LogP contribution in [0.5, 0.6) is 11.5 Å². The molecule has 2 N–H and O–H groups in total. The molecule has 2 aliphatic rings. The summed E-state index contributed by atoms with van der Waals surface area (Å²) in [7, 11) is 0. The molecule has 2 heterocycles. The number of carbonyl (C=O) groups excluding carboxylic acids is 1. The van der Waals surface area contributed by atoms with Crippen LogP contribution in [0.25, 0.3) is 0 Å². The molecule has 0 saturated carbocycles. The SMILES string of the molecule is O=C1CC(c2ccc3c(c2)OCCO3)NCCN1. The van der Waals surface area contributed by atoms with Gasteiger partial charge in [0.25, 0.3) is 0 Å². The van der Waals surface area contributed by atoms with Crippen molar-refractivity contribution in [3.05, 3.63) is 23.8 Å². The van der Waals surface area contributed by atoms with Gasteiger partial charge in [-0.05, 0) is 17.7 Å². The lowest BCUT2D eigenvalue weighted by molar-refractivity contribution is -0.121. The van der Waals surface area contributed by atoms with Crippen molar-refractivity contribution >= 4 is 5.91 Å². The van der Waals surface area contributed by atoms with E-state index in [-0.39, 0.29) is 11.9 Å². The smallest absolute Gasteiger partial charge is 0.221 e. The monoisotopic (exact) mass is 248 g/mol. The Labute approximate surface area is 105 Å². The summed E-state index contributed by atoms with van der Waals surface area (Å²) in [5.74, 6) is 1.63. The molecular formula is C13H16N2O3. The Bertz CT molecular complexity index is 462. The van der Waals surface area contributed by atoms with E-state index in [9.17, 15) is 4.79 Å².